The number of anilines is 2. The fourth-order valence-electron chi connectivity index (χ4n) is 2.32. The summed E-state index contributed by atoms with van der Waals surface area (Å²) >= 11 is 0. The smallest absolute Gasteiger partial charge is 0.387 e. The summed E-state index contributed by atoms with van der Waals surface area (Å²) in [7, 11) is 0. The number of rotatable bonds is 8. The molecule has 8 heteroatoms. The first-order valence-corrected chi connectivity index (χ1v) is 8.68. The maximum Gasteiger partial charge on any atom is 0.387 e. The van der Waals surface area contributed by atoms with Crippen LogP contribution in [-0.2, 0) is 9.53 Å². The van der Waals surface area contributed by atoms with E-state index in [9.17, 15) is 18.4 Å². The van der Waals surface area contributed by atoms with Crippen molar-refractivity contribution in [2.75, 3.05) is 5.32 Å². The lowest BCUT2D eigenvalue weighted by Crippen LogP contribution is -2.39. The molecule has 0 spiro atoms. The van der Waals surface area contributed by atoms with Crippen molar-refractivity contribution in [1.29, 1.82) is 0 Å². The van der Waals surface area contributed by atoms with Gasteiger partial charge in [-0.1, -0.05) is 12.1 Å². The topological polar surface area (TPSA) is 76.7 Å². The van der Waals surface area contributed by atoms with E-state index in [1.54, 1.807) is 36.4 Å². The second-order valence-corrected chi connectivity index (χ2v) is 6.28. The van der Waals surface area contributed by atoms with Crippen molar-refractivity contribution in [2.45, 2.75) is 39.5 Å². The molecule has 1 atom stereocenters. The zero-order valence-electron chi connectivity index (χ0n) is 15.7. The molecule has 2 N–H and O–H groups in total. The lowest BCUT2D eigenvalue weighted by Gasteiger charge is -2.17. The minimum Gasteiger partial charge on any atom is -0.449 e. The molecule has 2 aromatic rings. The van der Waals surface area contributed by atoms with E-state index in [1.807, 2.05) is 13.8 Å². The first kappa shape index (κ1) is 21.1. The molecule has 1 amide bonds. The van der Waals surface area contributed by atoms with Gasteiger partial charge in [-0.3, -0.25) is 4.79 Å². The van der Waals surface area contributed by atoms with E-state index in [-0.39, 0.29) is 23.3 Å². The van der Waals surface area contributed by atoms with Gasteiger partial charge in [0.2, 0.25) is 0 Å². The molecule has 150 valence electrons. The van der Waals surface area contributed by atoms with Crippen LogP contribution in [0.15, 0.2) is 48.5 Å². The predicted molar refractivity (Wildman–Crippen MR) is 101 cm³/mol. The number of amides is 1. The largest absolute Gasteiger partial charge is 0.449 e. The Balaban J connectivity index is 2.09. The molecule has 0 saturated carbocycles. The quantitative estimate of drug-likeness (QED) is 0.662. The summed E-state index contributed by atoms with van der Waals surface area (Å²) in [6.45, 7) is 2.21. The van der Waals surface area contributed by atoms with Crippen LogP contribution in [0.5, 0.6) is 5.75 Å². The van der Waals surface area contributed by atoms with Crippen LogP contribution in [0.1, 0.15) is 31.1 Å². The average Bonchev–Trinajstić information content (AvgIpc) is 2.62. The third-order valence-corrected chi connectivity index (χ3v) is 3.59. The molecular formula is C20H22F2N2O4. The molecular weight excluding hydrogens is 370 g/mol. The van der Waals surface area contributed by atoms with Gasteiger partial charge in [0.25, 0.3) is 5.91 Å². The van der Waals surface area contributed by atoms with Crippen molar-refractivity contribution in [3.05, 3.63) is 54.1 Å². The monoisotopic (exact) mass is 392 g/mol. The van der Waals surface area contributed by atoms with Crippen LogP contribution in [0.2, 0.25) is 0 Å². The van der Waals surface area contributed by atoms with E-state index < -0.39 is 18.7 Å². The number of para-hydroxylation sites is 1. The Kier molecular flexibility index (Phi) is 7.31. The first-order valence-electron chi connectivity index (χ1n) is 8.68. The zero-order valence-corrected chi connectivity index (χ0v) is 15.7. The van der Waals surface area contributed by atoms with Crippen LogP contribution in [-0.4, -0.2) is 30.6 Å². The fourth-order valence-corrected chi connectivity index (χ4v) is 2.32. The minimum absolute atomic E-state index is 0.0261. The molecule has 0 bridgehead atoms. The number of carbonyl (C=O) groups excluding carboxylic acids is 2. The van der Waals surface area contributed by atoms with E-state index in [2.05, 4.69) is 15.4 Å². The van der Waals surface area contributed by atoms with Crippen LogP contribution >= 0.6 is 0 Å². The van der Waals surface area contributed by atoms with Gasteiger partial charge in [0, 0.05) is 11.7 Å². The third-order valence-electron chi connectivity index (χ3n) is 3.59. The van der Waals surface area contributed by atoms with Crippen LogP contribution < -0.4 is 15.4 Å². The fraction of sp³-hybridized carbons (Fsp3) is 0.300. The van der Waals surface area contributed by atoms with Gasteiger partial charge >= 0.3 is 12.6 Å². The molecule has 0 aliphatic heterocycles. The van der Waals surface area contributed by atoms with Crippen molar-refractivity contribution in [1.82, 2.24) is 5.32 Å². The van der Waals surface area contributed by atoms with E-state index >= 15 is 0 Å². The van der Waals surface area contributed by atoms with Gasteiger partial charge in [0.05, 0.1) is 11.3 Å². The Labute approximate surface area is 161 Å². The average molecular weight is 392 g/mol. The number of nitrogens with one attached hydrogen (secondary N) is 2. The highest BCUT2D eigenvalue weighted by molar-refractivity contribution is 5.98. The van der Waals surface area contributed by atoms with E-state index in [0.717, 1.165) is 0 Å². The van der Waals surface area contributed by atoms with Crippen LogP contribution in [0.3, 0.4) is 0 Å². The molecule has 28 heavy (non-hydrogen) atoms. The predicted octanol–water partition coefficient (Wildman–Crippen LogP) is 4.10. The summed E-state index contributed by atoms with van der Waals surface area (Å²) in [6.07, 6.45) is -0.950. The first-order chi connectivity index (χ1) is 13.3. The zero-order chi connectivity index (χ0) is 20.7. The molecule has 2 aromatic carbocycles. The summed E-state index contributed by atoms with van der Waals surface area (Å²) in [6, 6.07) is 12.4. The summed E-state index contributed by atoms with van der Waals surface area (Å²) in [5.74, 6) is -1.02. The Morgan fingerprint density at radius 2 is 1.61 bits per heavy atom. The van der Waals surface area contributed by atoms with Crippen molar-refractivity contribution >= 4 is 23.3 Å². The molecule has 0 unspecified atom stereocenters. The van der Waals surface area contributed by atoms with Gasteiger partial charge in [0.15, 0.2) is 6.10 Å². The van der Waals surface area contributed by atoms with Crippen LogP contribution in [0.25, 0.3) is 0 Å². The molecule has 0 aromatic heterocycles. The van der Waals surface area contributed by atoms with E-state index in [1.165, 1.54) is 19.1 Å². The maximum absolute atomic E-state index is 12.5. The van der Waals surface area contributed by atoms with Crippen LogP contribution in [0.4, 0.5) is 20.2 Å². The van der Waals surface area contributed by atoms with Gasteiger partial charge in [0.1, 0.15) is 5.75 Å². The lowest BCUT2D eigenvalue weighted by molar-refractivity contribution is -0.129. The number of ether oxygens (including phenoxy) is 2. The Hall–Kier alpha value is -3.16. The SMILES string of the molecule is CC(C)NC(=O)[C@H](C)OC(=O)c1ccccc1Nc1ccc(OC(F)F)cc1. The number of benzene rings is 2. The van der Waals surface area contributed by atoms with E-state index in [0.29, 0.717) is 11.4 Å². The van der Waals surface area contributed by atoms with Gasteiger partial charge in [-0.15, -0.1) is 0 Å². The highest BCUT2D eigenvalue weighted by atomic mass is 19.3. The van der Waals surface area contributed by atoms with E-state index in [4.69, 9.17) is 4.74 Å². The summed E-state index contributed by atoms with van der Waals surface area (Å²) in [5, 5.41) is 5.70. The lowest BCUT2D eigenvalue weighted by atomic mass is 10.1. The summed E-state index contributed by atoms with van der Waals surface area (Å²) in [4.78, 5) is 24.4. The molecule has 0 fully saturated rings. The summed E-state index contributed by atoms with van der Waals surface area (Å²) in [5.41, 5.74) is 1.25. The van der Waals surface area contributed by atoms with Gasteiger partial charge < -0.3 is 20.1 Å². The van der Waals surface area contributed by atoms with Gasteiger partial charge in [-0.05, 0) is 57.2 Å². The molecule has 0 aliphatic carbocycles. The molecule has 0 radical (unpaired) electrons. The number of carbonyl (C=O) groups is 2. The Bertz CT molecular complexity index is 810. The molecule has 0 aliphatic rings. The number of alkyl halides is 2. The highest BCUT2D eigenvalue weighted by Gasteiger charge is 2.21. The standard InChI is InChI=1S/C20H22F2N2O4/c1-12(2)23-18(25)13(3)27-19(26)16-6-4-5-7-17(16)24-14-8-10-15(11-9-14)28-20(21)22/h4-13,20,24H,1-3H3,(H,23,25)/t13-/m0/s1. The molecule has 0 saturated heterocycles. The molecule has 2 rings (SSSR count). The maximum atomic E-state index is 12.5. The van der Waals surface area contributed by atoms with Crippen molar-refractivity contribution in [3.63, 3.8) is 0 Å². The Morgan fingerprint density at radius 1 is 0.964 bits per heavy atom. The number of esters is 1. The van der Waals surface area contributed by atoms with Gasteiger partial charge in [-0.25, -0.2) is 4.79 Å². The number of hydrogen-bond donors (Lipinski definition) is 2. The second-order valence-electron chi connectivity index (χ2n) is 6.28. The number of hydrogen-bond acceptors (Lipinski definition) is 5. The highest BCUT2D eigenvalue weighted by Crippen LogP contribution is 2.24. The minimum atomic E-state index is -2.90. The second kappa shape index (κ2) is 9.68. The normalized spacial score (nSPS) is 11.8. The molecule has 6 nitrogen and oxygen atoms in total. The molecule has 0 heterocycles. The van der Waals surface area contributed by atoms with Crippen molar-refractivity contribution in [2.24, 2.45) is 0 Å². The van der Waals surface area contributed by atoms with Crippen LogP contribution in [0, 0.1) is 0 Å². The Morgan fingerprint density at radius 3 is 2.21 bits per heavy atom. The third kappa shape index (κ3) is 6.22. The van der Waals surface area contributed by atoms with Crippen molar-refractivity contribution < 1.29 is 27.8 Å². The van der Waals surface area contributed by atoms with Crippen molar-refractivity contribution in [3.8, 4) is 5.75 Å². The van der Waals surface area contributed by atoms with Gasteiger partial charge in [-0.2, -0.15) is 8.78 Å². The summed E-state index contributed by atoms with van der Waals surface area (Å²) < 4.78 is 34.0. The number of halogens is 2.